The van der Waals surface area contributed by atoms with Gasteiger partial charge in [0.15, 0.2) is 0 Å². The summed E-state index contributed by atoms with van der Waals surface area (Å²) in [6, 6.07) is 0. The summed E-state index contributed by atoms with van der Waals surface area (Å²) in [6.45, 7) is 3.96. The molecule has 5 heteroatoms. The van der Waals surface area contributed by atoms with Crippen LogP contribution in [0.4, 0.5) is 0 Å². The second-order valence-corrected chi connectivity index (χ2v) is 4.59. The summed E-state index contributed by atoms with van der Waals surface area (Å²) in [5.41, 5.74) is 0. The first-order valence-electron chi connectivity index (χ1n) is 5.69. The van der Waals surface area contributed by atoms with Crippen LogP contribution < -0.4 is 0 Å². The van der Waals surface area contributed by atoms with Crippen LogP contribution in [0.25, 0.3) is 0 Å². The van der Waals surface area contributed by atoms with E-state index in [4.69, 9.17) is 0 Å². The number of rotatable bonds is 3. The number of hydrogen-bond donors (Lipinski definition) is 0. The van der Waals surface area contributed by atoms with Crippen LogP contribution in [0.1, 0.15) is 26.2 Å². The van der Waals surface area contributed by atoms with Crippen molar-refractivity contribution in [3.8, 4) is 0 Å². The van der Waals surface area contributed by atoms with Crippen LogP contribution in [-0.4, -0.2) is 47.2 Å². The molecule has 5 nitrogen and oxygen atoms in total. The topological polar surface area (TPSA) is 57.7 Å². The molecule has 2 rings (SSSR count). The van der Waals surface area contributed by atoms with E-state index in [2.05, 4.69) is 6.92 Å². The molecule has 0 radical (unpaired) electrons. The largest absolute Gasteiger partial charge is 0.342 e. The van der Waals surface area contributed by atoms with Gasteiger partial charge in [0.2, 0.25) is 17.7 Å². The zero-order chi connectivity index (χ0) is 11.7. The molecule has 2 aliphatic rings. The monoisotopic (exact) mass is 224 g/mol. The molecule has 2 fully saturated rings. The van der Waals surface area contributed by atoms with Crippen molar-refractivity contribution >= 4 is 17.7 Å². The molecule has 2 saturated heterocycles. The second-order valence-electron chi connectivity index (χ2n) is 4.59. The van der Waals surface area contributed by atoms with E-state index in [9.17, 15) is 14.4 Å². The van der Waals surface area contributed by atoms with Gasteiger partial charge in [-0.15, -0.1) is 0 Å². The van der Waals surface area contributed by atoms with Crippen LogP contribution >= 0.6 is 0 Å². The molecule has 16 heavy (non-hydrogen) atoms. The van der Waals surface area contributed by atoms with Crippen LogP contribution in [-0.2, 0) is 14.4 Å². The van der Waals surface area contributed by atoms with Crippen molar-refractivity contribution in [2.24, 2.45) is 5.92 Å². The molecular formula is C11H16N2O3. The number of imide groups is 1. The maximum absolute atomic E-state index is 11.6. The smallest absolute Gasteiger partial charge is 0.229 e. The quantitative estimate of drug-likeness (QED) is 0.634. The van der Waals surface area contributed by atoms with Gasteiger partial charge in [-0.1, -0.05) is 6.92 Å². The van der Waals surface area contributed by atoms with Gasteiger partial charge >= 0.3 is 0 Å². The average Bonchev–Trinajstić information content (AvgIpc) is 2.51. The number of amides is 3. The molecular weight excluding hydrogens is 208 g/mol. The summed E-state index contributed by atoms with van der Waals surface area (Å²) in [5.74, 6) is 0.342. The number of nitrogens with zero attached hydrogens (tertiary/aromatic N) is 2. The van der Waals surface area contributed by atoms with E-state index in [1.165, 1.54) is 4.90 Å². The van der Waals surface area contributed by atoms with E-state index < -0.39 is 0 Å². The lowest BCUT2D eigenvalue weighted by molar-refractivity contribution is -0.141. The molecule has 0 aromatic carbocycles. The lowest BCUT2D eigenvalue weighted by Crippen LogP contribution is -2.49. The number of likely N-dealkylation sites (tertiary alicyclic amines) is 2. The van der Waals surface area contributed by atoms with Gasteiger partial charge in [-0.05, 0) is 5.92 Å². The maximum Gasteiger partial charge on any atom is 0.229 e. The Morgan fingerprint density at radius 3 is 2.31 bits per heavy atom. The normalized spacial score (nSPS) is 21.6. The maximum atomic E-state index is 11.6. The Balaban J connectivity index is 1.77. The molecule has 0 aromatic rings. The van der Waals surface area contributed by atoms with Crippen molar-refractivity contribution in [1.29, 1.82) is 0 Å². The molecule has 2 aliphatic heterocycles. The predicted molar refractivity (Wildman–Crippen MR) is 56.3 cm³/mol. The minimum absolute atomic E-state index is 0.0469. The minimum atomic E-state index is -0.144. The summed E-state index contributed by atoms with van der Waals surface area (Å²) < 4.78 is 0. The van der Waals surface area contributed by atoms with Crippen molar-refractivity contribution < 1.29 is 14.4 Å². The van der Waals surface area contributed by atoms with Gasteiger partial charge in [0, 0.05) is 38.9 Å². The van der Waals surface area contributed by atoms with E-state index in [1.54, 1.807) is 4.90 Å². The summed E-state index contributed by atoms with van der Waals surface area (Å²) in [5, 5.41) is 0. The summed E-state index contributed by atoms with van der Waals surface area (Å²) in [7, 11) is 0. The summed E-state index contributed by atoms with van der Waals surface area (Å²) >= 11 is 0. The molecule has 0 unspecified atom stereocenters. The third-order valence-corrected chi connectivity index (χ3v) is 3.12. The molecule has 3 amide bonds. The highest BCUT2D eigenvalue weighted by Crippen LogP contribution is 2.17. The van der Waals surface area contributed by atoms with Gasteiger partial charge < -0.3 is 4.90 Å². The number of hydrogen-bond acceptors (Lipinski definition) is 3. The van der Waals surface area contributed by atoms with E-state index in [0.29, 0.717) is 18.8 Å². The molecule has 0 saturated carbocycles. The Hall–Kier alpha value is -1.39. The Kier molecular flexibility index (Phi) is 2.94. The third kappa shape index (κ3) is 2.08. The SMILES string of the molecule is CC1CN(C(=O)CCN2C(=O)CCC2=O)C1. The molecule has 0 bridgehead atoms. The Labute approximate surface area is 94.4 Å². The van der Waals surface area contributed by atoms with E-state index in [-0.39, 0.29) is 30.7 Å². The molecule has 0 atom stereocenters. The summed E-state index contributed by atoms with van der Waals surface area (Å²) in [6.07, 6.45) is 0.867. The summed E-state index contributed by atoms with van der Waals surface area (Å²) in [4.78, 5) is 37.2. The fourth-order valence-corrected chi connectivity index (χ4v) is 2.14. The predicted octanol–water partition coefficient (Wildman–Crippen LogP) is 0.00380. The van der Waals surface area contributed by atoms with Crippen molar-refractivity contribution in [2.45, 2.75) is 26.2 Å². The fraction of sp³-hybridized carbons (Fsp3) is 0.727. The molecule has 88 valence electrons. The lowest BCUT2D eigenvalue weighted by atomic mass is 10.0. The van der Waals surface area contributed by atoms with Crippen molar-refractivity contribution in [2.75, 3.05) is 19.6 Å². The molecule has 0 spiro atoms. The van der Waals surface area contributed by atoms with Crippen LogP contribution in [0.5, 0.6) is 0 Å². The number of carbonyl (C=O) groups is 3. The van der Waals surface area contributed by atoms with Gasteiger partial charge in [0.05, 0.1) is 0 Å². The first kappa shape index (κ1) is 11.1. The second kappa shape index (κ2) is 4.23. The molecule has 2 heterocycles. The van der Waals surface area contributed by atoms with Gasteiger partial charge in [-0.2, -0.15) is 0 Å². The van der Waals surface area contributed by atoms with Gasteiger partial charge in [0.25, 0.3) is 0 Å². The van der Waals surface area contributed by atoms with Crippen molar-refractivity contribution in [3.63, 3.8) is 0 Å². The Morgan fingerprint density at radius 1 is 1.25 bits per heavy atom. The van der Waals surface area contributed by atoms with Crippen LogP contribution in [0.2, 0.25) is 0 Å². The average molecular weight is 224 g/mol. The zero-order valence-electron chi connectivity index (χ0n) is 9.44. The van der Waals surface area contributed by atoms with Crippen molar-refractivity contribution in [3.05, 3.63) is 0 Å². The highest BCUT2D eigenvalue weighted by atomic mass is 16.2. The fourth-order valence-electron chi connectivity index (χ4n) is 2.14. The zero-order valence-corrected chi connectivity index (χ0v) is 9.44. The first-order chi connectivity index (χ1) is 7.58. The van der Waals surface area contributed by atoms with Gasteiger partial charge in [-0.3, -0.25) is 19.3 Å². The van der Waals surface area contributed by atoms with Gasteiger partial charge in [-0.25, -0.2) is 0 Å². The van der Waals surface area contributed by atoms with Crippen LogP contribution in [0.3, 0.4) is 0 Å². The number of carbonyl (C=O) groups excluding carboxylic acids is 3. The van der Waals surface area contributed by atoms with Crippen LogP contribution in [0.15, 0.2) is 0 Å². The van der Waals surface area contributed by atoms with Crippen LogP contribution in [0, 0.1) is 5.92 Å². The van der Waals surface area contributed by atoms with E-state index >= 15 is 0 Å². The van der Waals surface area contributed by atoms with Gasteiger partial charge in [0.1, 0.15) is 0 Å². The Bertz CT molecular complexity index is 318. The highest BCUT2D eigenvalue weighted by Gasteiger charge is 2.31. The molecule has 0 N–H and O–H groups in total. The third-order valence-electron chi connectivity index (χ3n) is 3.12. The molecule has 0 aromatic heterocycles. The van der Waals surface area contributed by atoms with E-state index in [0.717, 1.165) is 13.1 Å². The highest BCUT2D eigenvalue weighted by molar-refractivity contribution is 6.02. The standard InChI is InChI=1S/C11H16N2O3/c1-8-6-12(7-8)9(14)4-5-13-10(15)2-3-11(13)16/h8H,2-7H2,1H3. The van der Waals surface area contributed by atoms with E-state index in [1.807, 2.05) is 0 Å². The Morgan fingerprint density at radius 2 is 1.81 bits per heavy atom. The first-order valence-corrected chi connectivity index (χ1v) is 5.69. The lowest BCUT2D eigenvalue weighted by Gasteiger charge is -2.37. The van der Waals surface area contributed by atoms with Crippen molar-refractivity contribution in [1.82, 2.24) is 9.80 Å². The molecule has 0 aliphatic carbocycles. The minimum Gasteiger partial charge on any atom is -0.342 e.